The quantitative estimate of drug-likeness (QED) is 0.381. The summed E-state index contributed by atoms with van der Waals surface area (Å²) in [4.78, 5) is 0. The van der Waals surface area contributed by atoms with Crippen molar-refractivity contribution in [2.24, 2.45) is 0 Å². The second kappa shape index (κ2) is 2.98. The Morgan fingerprint density at radius 2 is 2.43 bits per heavy atom. The Kier molecular flexibility index (Phi) is 2.46. The monoisotopic (exact) mass is 95.0 g/mol. The van der Waals surface area contributed by atoms with Crippen LogP contribution in [0.25, 0.3) is 0 Å². The van der Waals surface area contributed by atoms with Crippen LogP contribution in [0.5, 0.6) is 0 Å². The van der Waals surface area contributed by atoms with Crippen LogP contribution in [0.4, 0.5) is 0 Å². The van der Waals surface area contributed by atoms with Gasteiger partial charge >= 0.3 is 0 Å². The molecule has 2 heteroatoms. The Balaban J connectivity index is 3.43. The molecule has 0 bridgehead atoms. The third-order valence-corrected chi connectivity index (χ3v) is 0.350. The van der Waals surface area contributed by atoms with Crippen LogP contribution in [0.2, 0.25) is 0 Å². The standard InChI is InChI=1S/C5H5NO/c1-3-7-5(2)4-6/h3H,1-2H2. The Bertz CT molecular complexity index is 121. The van der Waals surface area contributed by atoms with Crippen LogP contribution in [-0.2, 0) is 4.74 Å². The van der Waals surface area contributed by atoms with Crippen LogP contribution < -0.4 is 0 Å². The second-order valence-corrected chi connectivity index (χ2v) is 0.819. The molecule has 2 nitrogen and oxygen atoms in total. The van der Waals surface area contributed by atoms with Crippen molar-refractivity contribution in [1.29, 1.82) is 5.26 Å². The van der Waals surface area contributed by atoms with Crippen LogP contribution in [0.1, 0.15) is 0 Å². The maximum absolute atomic E-state index is 7.94. The summed E-state index contributed by atoms with van der Waals surface area (Å²) < 4.78 is 4.40. The van der Waals surface area contributed by atoms with Gasteiger partial charge in [0.05, 0.1) is 6.26 Å². The number of rotatable bonds is 2. The van der Waals surface area contributed by atoms with Crippen LogP contribution in [-0.4, -0.2) is 0 Å². The molecule has 7 heavy (non-hydrogen) atoms. The zero-order valence-corrected chi connectivity index (χ0v) is 3.85. The van der Waals surface area contributed by atoms with Gasteiger partial charge in [-0.25, -0.2) is 0 Å². The van der Waals surface area contributed by atoms with Gasteiger partial charge in [-0.2, -0.15) is 5.26 Å². The third-order valence-electron chi connectivity index (χ3n) is 0.350. The highest BCUT2D eigenvalue weighted by atomic mass is 16.5. The van der Waals surface area contributed by atoms with Crippen molar-refractivity contribution in [1.82, 2.24) is 0 Å². The fourth-order valence-electron chi connectivity index (χ4n) is 0.127. The Morgan fingerprint density at radius 3 is 2.57 bits per heavy atom. The normalized spacial score (nSPS) is 6.14. The lowest BCUT2D eigenvalue weighted by Gasteiger charge is -1.86. The lowest BCUT2D eigenvalue weighted by Crippen LogP contribution is -1.72. The Morgan fingerprint density at radius 1 is 1.86 bits per heavy atom. The van der Waals surface area contributed by atoms with Gasteiger partial charge < -0.3 is 4.74 Å². The predicted octanol–water partition coefficient (Wildman–Crippen LogP) is 1.18. The first-order valence-electron chi connectivity index (χ1n) is 1.68. The molecule has 0 aromatic rings. The molecular formula is C5H5NO. The molecule has 0 atom stereocenters. The van der Waals surface area contributed by atoms with Crippen molar-refractivity contribution in [2.45, 2.75) is 0 Å². The van der Waals surface area contributed by atoms with Gasteiger partial charge in [0.25, 0.3) is 0 Å². The molecular weight excluding hydrogens is 90.1 g/mol. The SMILES string of the molecule is C=COC(=C)C#N. The summed E-state index contributed by atoms with van der Waals surface area (Å²) in [6, 6.07) is 1.68. The number of hydrogen-bond acceptors (Lipinski definition) is 2. The first-order valence-corrected chi connectivity index (χ1v) is 1.68. The van der Waals surface area contributed by atoms with Gasteiger partial charge in [-0.3, -0.25) is 0 Å². The molecule has 0 rings (SSSR count). The molecule has 36 valence electrons. The molecule has 0 spiro atoms. The average Bonchev–Trinajstić information content (AvgIpc) is 1.68. The smallest absolute Gasteiger partial charge is 0.195 e. The van der Waals surface area contributed by atoms with E-state index in [1.807, 2.05) is 0 Å². The van der Waals surface area contributed by atoms with Crippen molar-refractivity contribution < 1.29 is 4.74 Å². The summed E-state index contributed by atoms with van der Waals surface area (Å²) in [5, 5.41) is 7.94. The minimum Gasteiger partial charge on any atom is -0.455 e. The van der Waals surface area contributed by atoms with E-state index in [2.05, 4.69) is 17.9 Å². The molecule has 0 aliphatic rings. The van der Waals surface area contributed by atoms with Crippen molar-refractivity contribution in [2.75, 3.05) is 0 Å². The van der Waals surface area contributed by atoms with Gasteiger partial charge in [-0.15, -0.1) is 0 Å². The van der Waals surface area contributed by atoms with Crippen molar-refractivity contribution in [3.8, 4) is 6.07 Å². The van der Waals surface area contributed by atoms with Crippen LogP contribution in [0.15, 0.2) is 25.2 Å². The number of ether oxygens (including phenoxy) is 1. The van der Waals surface area contributed by atoms with Gasteiger partial charge in [-0.1, -0.05) is 6.58 Å². The van der Waals surface area contributed by atoms with E-state index in [1.54, 1.807) is 6.07 Å². The van der Waals surface area contributed by atoms with Gasteiger partial charge in [0.15, 0.2) is 5.76 Å². The van der Waals surface area contributed by atoms with Gasteiger partial charge in [-0.05, 0) is 6.58 Å². The third kappa shape index (κ3) is 2.58. The number of nitriles is 1. The van der Waals surface area contributed by atoms with Gasteiger partial charge in [0.1, 0.15) is 6.07 Å². The molecule has 0 heterocycles. The summed E-state index contributed by atoms with van der Waals surface area (Å²) in [6.45, 7) is 6.42. The van der Waals surface area contributed by atoms with Crippen LogP contribution >= 0.6 is 0 Å². The average molecular weight is 95.1 g/mol. The van der Waals surface area contributed by atoms with Crippen molar-refractivity contribution in [3.05, 3.63) is 25.2 Å². The molecule has 0 aliphatic carbocycles. The molecule has 0 aliphatic heterocycles. The minimum atomic E-state index is 0.0648. The lowest BCUT2D eigenvalue weighted by atomic mass is 10.6. The van der Waals surface area contributed by atoms with E-state index in [9.17, 15) is 0 Å². The maximum Gasteiger partial charge on any atom is 0.195 e. The highest BCUT2D eigenvalue weighted by Gasteiger charge is 1.79. The Hall–Kier alpha value is -1.23. The predicted molar refractivity (Wildman–Crippen MR) is 26.0 cm³/mol. The molecule has 0 fully saturated rings. The molecule has 0 radical (unpaired) electrons. The van der Waals surface area contributed by atoms with E-state index in [0.717, 1.165) is 6.26 Å². The zero-order chi connectivity index (χ0) is 5.70. The highest BCUT2D eigenvalue weighted by Crippen LogP contribution is 1.86. The highest BCUT2D eigenvalue weighted by molar-refractivity contribution is 5.07. The summed E-state index contributed by atoms with van der Waals surface area (Å²) in [7, 11) is 0. The second-order valence-electron chi connectivity index (χ2n) is 0.819. The minimum absolute atomic E-state index is 0.0648. The first kappa shape index (κ1) is 5.77. The van der Waals surface area contributed by atoms with Crippen molar-refractivity contribution in [3.63, 3.8) is 0 Å². The number of hydrogen-bond donors (Lipinski definition) is 0. The van der Waals surface area contributed by atoms with E-state index in [4.69, 9.17) is 5.26 Å². The van der Waals surface area contributed by atoms with Gasteiger partial charge in [0, 0.05) is 0 Å². The van der Waals surface area contributed by atoms with E-state index in [1.165, 1.54) is 0 Å². The summed E-state index contributed by atoms with van der Waals surface area (Å²) >= 11 is 0. The van der Waals surface area contributed by atoms with E-state index in [0.29, 0.717) is 0 Å². The van der Waals surface area contributed by atoms with E-state index < -0.39 is 0 Å². The topological polar surface area (TPSA) is 33.0 Å². The summed E-state index contributed by atoms with van der Waals surface area (Å²) in [5.74, 6) is 0.0648. The fraction of sp³-hybridized carbons (Fsp3) is 0. The fourth-order valence-corrected chi connectivity index (χ4v) is 0.127. The molecule has 0 saturated heterocycles. The molecule has 0 aromatic carbocycles. The van der Waals surface area contributed by atoms with E-state index >= 15 is 0 Å². The lowest BCUT2D eigenvalue weighted by molar-refractivity contribution is 0.376. The Labute approximate surface area is 42.3 Å². The molecule has 0 aromatic heterocycles. The van der Waals surface area contributed by atoms with E-state index in [-0.39, 0.29) is 5.76 Å². The zero-order valence-electron chi connectivity index (χ0n) is 3.85. The van der Waals surface area contributed by atoms with Crippen LogP contribution in [0, 0.1) is 11.3 Å². The molecule has 0 saturated carbocycles. The number of nitrogens with zero attached hydrogens (tertiary/aromatic N) is 1. The summed E-state index contributed by atoms with van der Waals surface area (Å²) in [6.07, 6.45) is 1.16. The van der Waals surface area contributed by atoms with Crippen LogP contribution in [0.3, 0.4) is 0 Å². The number of allylic oxidation sites excluding steroid dienone is 1. The maximum atomic E-state index is 7.94. The van der Waals surface area contributed by atoms with Crippen molar-refractivity contribution >= 4 is 0 Å². The molecule has 0 unspecified atom stereocenters. The largest absolute Gasteiger partial charge is 0.455 e. The molecule has 0 amide bonds. The summed E-state index contributed by atoms with van der Waals surface area (Å²) in [5.41, 5.74) is 0. The first-order chi connectivity index (χ1) is 3.31. The van der Waals surface area contributed by atoms with Gasteiger partial charge in [0.2, 0.25) is 0 Å². The molecule has 0 N–H and O–H groups in total.